The number of sulfonamides is 1. The van der Waals surface area contributed by atoms with E-state index < -0.39 is 28.5 Å². The minimum Gasteiger partial charge on any atom is -0.497 e. The average molecular weight is 552 g/mol. The molecule has 0 spiro atoms. The van der Waals surface area contributed by atoms with E-state index in [9.17, 15) is 18.0 Å². The van der Waals surface area contributed by atoms with Gasteiger partial charge < -0.3 is 15.0 Å². The molecule has 1 N–H and O–H groups in total. The van der Waals surface area contributed by atoms with E-state index in [2.05, 4.69) is 5.32 Å². The zero-order valence-corrected chi connectivity index (χ0v) is 24.2. The number of nitrogens with zero attached hydrogens (tertiary/aromatic N) is 2. The van der Waals surface area contributed by atoms with Gasteiger partial charge in [0, 0.05) is 13.6 Å². The molecule has 9 heteroatoms. The van der Waals surface area contributed by atoms with Crippen LogP contribution in [0.2, 0.25) is 0 Å². The molecule has 3 aromatic carbocycles. The fraction of sp³-hybridized carbons (Fsp3) is 0.333. The summed E-state index contributed by atoms with van der Waals surface area (Å²) in [6.45, 7) is 7.08. The molecule has 0 aliphatic rings. The Balaban J connectivity index is 2.10. The first-order valence-corrected chi connectivity index (χ1v) is 14.3. The average Bonchev–Trinajstić information content (AvgIpc) is 2.90. The number of methoxy groups -OCH3 is 1. The van der Waals surface area contributed by atoms with Crippen molar-refractivity contribution in [3.63, 3.8) is 0 Å². The molecule has 0 saturated carbocycles. The highest BCUT2D eigenvalue weighted by Crippen LogP contribution is 2.27. The van der Waals surface area contributed by atoms with Crippen LogP contribution in [0, 0.1) is 20.8 Å². The molecule has 1 atom stereocenters. The highest BCUT2D eigenvalue weighted by molar-refractivity contribution is 7.92. The van der Waals surface area contributed by atoms with Crippen LogP contribution in [-0.4, -0.2) is 51.9 Å². The van der Waals surface area contributed by atoms with E-state index in [1.165, 1.54) is 24.1 Å². The monoisotopic (exact) mass is 551 g/mol. The van der Waals surface area contributed by atoms with Crippen LogP contribution < -0.4 is 14.4 Å². The molecule has 3 aromatic rings. The zero-order valence-electron chi connectivity index (χ0n) is 23.4. The number of benzene rings is 3. The molecule has 0 heterocycles. The van der Waals surface area contributed by atoms with Gasteiger partial charge >= 0.3 is 0 Å². The third-order valence-corrected chi connectivity index (χ3v) is 8.29. The Morgan fingerprint density at radius 1 is 0.923 bits per heavy atom. The first kappa shape index (κ1) is 29.7. The molecule has 2 amide bonds. The molecule has 0 radical (unpaired) electrons. The molecular weight excluding hydrogens is 514 g/mol. The Labute approximate surface area is 231 Å². The van der Waals surface area contributed by atoms with Crippen molar-refractivity contribution in [2.24, 2.45) is 0 Å². The van der Waals surface area contributed by atoms with E-state index >= 15 is 0 Å². The summed E-state index contributed by atoms with van der Waals surface area (Å²) in [5.74, 6) is -0.206. The van der Waals surface area contributed by atoms with Crippen molar-refractivity contribution < 1.29 is 22.7 Å². The Bertz CT molecular complexity index is 1400. The van der Waals surface area contributed by atoms with Crippen LogP contribution in [0.1, 0.15) is 35.6 Å². The standard InChI is InChI=1S/C30H37N3O5S/c1-7-28(30(35)31-5)32(19-24-9-8-10-26(18-24)38-6)29(34)20-33(25-16-22(3)15-23(4)17-25)39(36,37)27-13-11-21(2)12-14-27/h8-18,28H,7,19-20H2,1-6H3,(H,31,35)/t28-/m0/s1. The molecule has 0 bridgehead atoms. The van der Waals surface area contributed by atoms with Crippen molar-refractivity contribution in [3.8, 4) is 5.75 Å². The number of ether oxygens (including phenoxy) is 1. The predicted octanol–water partition coefficient (Wildman–Crippen LogP) is 4.37. The number of aryl methyl sites for hydroxylation is 3. The fourth-order valence-corrected chi connectivity index (χ4v) is 5.91. The lowest BCUT2D eigenvalue weighted by atomic mass is 10.1. The highest BCUT2D eigenvalue weighted by Gasteiger charge is 2.33. The van der Waals surface area contributed by atoms with Crippen molar-refractivity contribution in [1.82, 2.24) is 10.2 Å². The molecule has 0 saturated heterocycles. The summed E-state index contributed by atoms with van der Waals surface area (Å²) in [6, 6.07) is 18.4. The number of carbonyl (C=O) groups is 2. The molecule has 0 unspecified atom stereocenters. The van der Waals surface area contributed by atoms with Gasteiger partial charge in [-0.2, -0.15) is 0 Å². The number of hydrogen-bond donors (Lipinski definition) is 1. The first-order chi connectivity index (χ1) is 18.5. The van der Waals surface area contributed by atoms with Crippen LogP contribution in [0.5, 0.6) is 5.75 Å². The second-order valence-corrected chi connectivity index (χ2v) is 11.4. The molecule has 39 heavy (non-hydrogen) atoms. The van der Waals surface area contributed by atoms with Gasteiger partial charge in [-0.1, -0.05) is 42.8 Å². The van der Waals surface area contributed by atoms with Crippen LogP contribution in [-0.2, 0) is 26.2 Å². The van der Waals surface area contributed by atoms with Gasteiger partial charge in [0.1, 0.15) is 18.3 Å². The summed E-state index contributed by atoms with van der Waals surface area (Å²) in [7, 11) is -1.04. The number of hydrogen-bond acceptors (Lipinski definition) is 5. The Hall–Kier alpha value is -3.85. The number of nitrogens with one attached hydrogen (secondary N) is 1. The Morgan fingerprint density at radius 3 is 2.13 bits per heavy atom. The molecule has 8 nitrogen and oxygen atoms in total. The van der Waals surface area contributed by atoms with Gasteiger partial charge in [-0.05, 0) is 80.3 Å². The van der Waals surface area contributed by atoms with E-state index in [0.717, 1.165) is 26.6 Å². The van der Waals surface area contributed by atoms with E-state index in [1.54, 1.807) is 49.6 Å². The summed E-state index contributed by atoms with van der Waals surface area (Å²) in [6.07, 6.45) is 0.351. The van der Waals surface area contributed by atoms with Crippen LogP contribution in [0.25, 0.3) is 0 Å². The van der Waals surface area contributed by atoms with Gasteiger partial charge in [-0.25, -0.2) is 8.42 Å². The molecule has 3 rings (SSSR count). The largest absolute Gasteiger partial charge is 0.497 e. The van der Waals surface area contributed by atoms with E-state index in [-0.39, 0.29) is 17.3 Å². The van der Waals surface area contributed by atoms with Crippen molar-refractivity contribution in [2.45, 2.75) is 51.6 Å². The maximum absolute atomic E-state index is 14.0. The highest BCUT2D eigenvalue weighted by atomic mass is 32.2. The summed E-state index contributed by atoms with van der Waals surface area (Å²) in [5, 5.41) is 2.63. The maximum atomic E-state index is 14.0. The minimum atomic E-state index is -4.11. The van der Waals surface area contributed by atoms with Crippen LogP contribution in [0.4, 0.5) is 5.69 Å². The maximum Gasteiger partial charge on any atom is 0.264 e. The smallest absolute Gasteiger partial charge is 0.264 e. The third-order valence-electron chi connectivity index (χ3n) is 6.50. The molecule has 0 fully saturated rings. The summed E-state index contributed by atoms with van der Waals surface area (Å²) in [4.78, 5) is 28.4. The predicted molar refractivity (Wildman–Crippen MR) is 153 cm³/mol. The SMILES string of the molecule is CC[C@@H](C(=O)NC)N(Cc1cccc(OC)c1)C(=O)CN(c1cc(C)cc(C)c1)S(=O)(=O)c1ccc(C)cc1. The van der Waals surface area contributed by atoms with E-state index in [4.69, 9.17) is 4.74 Å². The first-order valence-electron chi connectivity index (χ1n) is 12.8. The zero-order chi connectivity index (χ0) is 28.7. The lowest BCUT2D eigenvalue weighted by Gasteiger charge is -2.33. The molecule has 208 valence electrons. The van der Waals surface area contributed by atoms with Gasteiger partial charge in [0.2, 0.25) is 11.8 Å². The summed E-state index contributed by atoms with van der Waals surface area (Å²) in [5.41, 5.74) is 3.79. The second kappa shape index (κ2) is 12.8. The van der Waals surface area contributed by atoms with Gasteiger partial charge in [0.05, 0.1) is 17.7 Å². The summed E-state index contributed by atoms with van der Waals surface area (Å²) < 4.78 is 34.4. The van der Waals surface area contributed by atoms with E-state index in [1.807, 2.05) is 39.8 Å². The second-order valence-electron chi connectivity index (χ2n) is 9.58. The van der Waals surface area contributed by atoms with Crippen LogP contribution in [0.15, 0.2) is 71.6 Å². The molecule has 0 aliphatic carbocycles. The number of anilines is 1. The van der Waals surface area contributed by atoms with Gasteiger partial charge in [-0.15, -0.1) is 0 Å². The number of carbonyl (C=O) groups excluding carboxylic acids is 2. The third kappa shape index (κ3) is 7.17. The van der Waals surface area contributed by atoms with E-state index in [0.29, 0.717) is 17.9 Å². The molecule has 0 aromatic heterocycles. The van der Waals surface area contributed by atoms with Gasteiger partial charge in [0.25, 0.3) is 10.0 Å². The van der Waals surface area contributed by atoms with Crippen molar-refractivity contribution in [2.75, 3.05) is 25.0 Å². The quantitative estimate of drug-likeness (QED) is 0.382. The number of rotatable bonds is 11. The van der Waals surface area contributed by atoms with Crippen LogP contribution in [0.3, 0.4) is 0 Å². The molecule has 0 aliphatic heterocycles. The van der Waals surface area contributed by atoms with Crippen molar-refractivity contribution in [1.29, 1.82) is 0 Å². The van der Waals surface area contributed by atoms with Crippen molar-refractivity contribution in [3.05, 3.63) is 89.0 Å². The number of amides is 2. The van der Waals surface area contributed by atoms with Crippen molar-refractivity contribution >= 4 is 27.5 Å². The Kier molecular flexibility index (Phi) is 9.75. The lowest BCUT2D eigenvalue weighted by molar-refractivity contribution is -0.140. The lowest BCUT2D eigenvalue weighted by Crippen LogP contribution is -2.51. The normalized spacial score (nSPS) is 11.9. The van der Waals surface area contributed by atoms with Gasteiger partial charge in [0.15, 0.2) is 0 Å². The minimum absolute atomic E-state index is 0.0812. The summed E-state index contributed by atoms with van der Waals surface area (Å²) >= 11 is 0. The van der Waals surface area contributed by atoms with Gasteiger partial charge in [-0.3, -0.25) is 13.9 Å². The topological polar surface area (TPSA) is 96.0 Å². The number of likely N-dealkylation sites (N-methyl/N-ethyl adjacent to an activating group) is 1. The molecular formula is C30H37N3O5S. The van der Waals surface area contributed by atoms with Crippen LogP contribution >= 0.6 is 0 Å². The fourth-order valence-electron chi connectivity index (χ4n) is 4.51. The Morgan fingerprint density at radius 2 is 1.56 bits per heavy atom.